The molecule has 1 aliphatic carbocycles. The van der Waals surface area contributed by atoms with Gasteiger partial charge in [-0.15, -0.1) is 0 Å². The number of Topliss-reactive ketones (excluding diaryl/α,β-unsaturated/α-hetero) is 1. The van der Waals surface area contributed by atoms with Gasteiger partial charge in [0.2, 0.25) is 0 Å². The highest BCUT2D eigenvalue weighted by atomic mass is 79.9. The molecule has 0 bridgehead atoms. The van der Waals surface area contributed by atoms with Crippen LogP contribution in [0.2, 0.25) is 5.02 Å². The van der Waals surface area contributed by atoms with Gasteiger partial charge in [0.05, 0.1) is 11.7 Å². The average molecular weight is 515 g/mol. The Kier molecular flexibility index (Phi) is 6.59. The molecule has 1 aliphatic heterocycles. The third-order valence-electron chi connectivity index (χ3n) is 5.91. The zero-order chi connectivity index (χ0) is 23.0. The first-order valence-corrected chi connectivity index (χ1v) is 11.9. The van der Waals surface area contributed by atoms with Gasteiger partial charge in [-0.3, -0.25) is 4.79 Å². The van der Waals surface area contributed by atoms with Gasteiger partial charge in [0.1, 0.15) is 0 Å². The van der Waals surface area contributed by atoms with E-state index in [1.54, 1.807) is 0 Å². The van der Waals surface area contributed by atoms with Crippen LogP contribution in [0.15, 0.2) is 75.5 Å². The van der Waals surface area contributed by atoms with Crippen molar-refractivity contribution in [1.29, 1.82) is 0 Å². The molecule has 4 nitrogen and oxygen atoms in total. The fourth-order valence-corrected chi connectivity index (χ4v) is 5.12. The quantitative estimate of drug-likeness (QED) is 0.479. The maximum Gasteiger partial charge on any atom is 0.337 e. The molecule has 2 aromatic carbocycles. The number of ether oxygens (including phenoxy) is 1. The number of ketones is 1. The second kappa shape index (κ2) is 9.24. The number of benzene rings is 2. The lowest BCUT2D eigenvalue weighted by molar-refractivity contribution is -0.143. The summed E-state index contributed by atoms with van der Waals surface area (Å²) in [7, 11) is 0. The lowest BCUT2D eigenvalue weighted by Gasteiger charge is -2.37. The molecule has 0 saturated carbocycles. The monoisotopic (exact) mass is 513 g/mol. The number of esters is 1. The van der Waals surface area contributed by atoms with Crippen LogP contribution in [0.5, 0.6) is 0 Å². The molecule has 0 amide bonds. The molecule has 0 saturated heterocycles. The van der Waals surface area contributed by atoms with Crippen molar-refractivity contribution in [1.82, 2.24) is 5.32 Å². The molecule has 0 aromatic heterocycles. The van der Waals surface area contributed by atoms with Crippen LogP contribution in [0.3, 0.4) is 0 Å². The summed E-state index contributed by atoms with van der Waals surface area (Å²) in [6.45, 7) is 5.53. The van der Waals surface area contributed by atoms with Crippen LogP contribution in [0, 0.1) is 0 Å². The van der Waals surface area contributed by atoms with Gasteiger partial charge in [-0.05, 0) is 68.5 Å². The topological polar surface area (TPSA) is 55.4 Å². The summed E-state index contributed by atoms with van der Waals surface area (Å²) >= 11 is 9.58. The molecule has 166 valence electrons. The van der Waals surface area contributed by atoms with Crippen molar-refractivity contribution in [3.05, 3.63) is 91.7 Å². The molecule has 6 heteroatoms. The molecule has 2 atom stereocenters. The van der Waals surface area contributed by atoms with Gasteiger partial charge in [-0.25, -0.2) is 4.79 Å². The van der Waals surface area contributed by atoms with E-state index in [1.807, 2.05) is 69.3 Å². The predicted octanol–water partition coefficient (Wildman–Crippen LogP) is 6.42. The molecule has 2 aliphatic rings. The Morgan fingerprint density at radius 3 is 2.50 bits per heavy atom. The van der Waals surface area contributed by atoms with Crippen molar-refractivity contribution in [2.45, 2.75) is 51.6 Å². The van der Waals surface area contributed by atoms with E-state index in [2.05, 4.69) is 21.2 Å². The van der Waals surface area contributed by atoms with Gasteiger partial charge < -0.3 is 10.1 Å². The first-order chi connectivity index (χ1) is 15.2. The Hall–Kier alpha value is -2.37. The number of carbonyl (C=O) groups excluding carboxylic acids is 2. The largest absolute Gasteiger partial charge is 0.460 e. The number of hydrogen-bond donors (Lipinski definition) is 1. The van der Waals surface area contributed by atoms with Crippen LogP contribution in [0.25, 0.3) is 0 Å². The third-order valence-corrected chi connectivity index (χ3v) is 6.66. The highest BCUT2D eigenvalue weighted by molar-refractivity contribution is 9.10. The molecule has 0 fully saturated rings. The molecular weight excluding hydrogens is 490 g/mol. The lowest BCUT2D eigenvalue weighted by Crippen LogP contribution is -2.36. The van der Waals surface area contributed by atoms with Gasteiger partial charge >= 0.3 is 5.97 Å². The molecule has 4 rings (SSSR count). The van der Waals surface area contributed by atoms with E-state index in [0.29, 0.717) is 29.0 Å². The number of allylic oxidation sites excluding steroid dienone is 3. The summed E-state index contributed by atoms with van der Waals surface area (Å²) in [6, 6.07) is 15.5. The summed E-state index contributed by atoms with van der Waals surface area (Å²) in [5, 5.41) is 4.05. The normalized spacial score (nSPS) is 20.9. The summed E-state index contributed by atoms with van der Waals surface area (Å²) in [4.78, 5) is 26.6. The molecule has 1 heterocycles. The van der Waals surface area contributed by atoms with Crippen molar-refractivity contribution in [2.75, 3.05) is 0 Å². The highest BCUT2D eigenvalue weighted by Gasteiger charge is 2.41. The minimum Gasteiger partial charge on any atom is -0.460 e. The van der Waals surface area contributed by atoms with E-state index in [0.717, 1.165) is 27.0 Å². The molecule has 1 N–H and O–H groups in total. The van der Waals surface area contributed by atoms with E-state index >= 15 is 0 Å². The third kappa shape index (κ3) is 4.55. The summed E-state index contributed by atoms with van der Waals surface area (Å²) in [6.07, 6.45) is 0.826. The van der Waals surface area contributed by atoms with Crippen molar-refractivity contribution >= 4 is 39.3 Å². The van der Waals surface area contributed by atoms with Crippen molar-refractivity contribution in [3.63, 3.8) is 0 Å². The van der Waals surface area contributed by atoms with Gasteiger partial charge in [-0.1, -0.05) is 51.8 Å². The Morgan fingerprint density at radius 1 is 1.12 bits per heavy atom. The Morgan fingerprint density at radius 2 is 1.84 bits per heavy atom. The summed E-state index contributed by atoms with van der Waals surface area (Å²) < 4.78 is 6.46. The summed E-state index contributed by atoms with van der Waals surface area (Å²) in [5.74, 6) is -0.750. The van der Waals surface area contributed by atoms with Gasteiger partial charge in [0, 0.05) is 38.8 Å². The van der Waals surface area contributed by atoms with Crippen LogP contribution in [-0.2, 0) is 14.3 Å². The van der Waals surface area contributed by atoms with E-state index in [-0.39, 0.29) is 17.8 Å². The molecule has 0 radical (unpaired) electrons. The first-order valence-electron chi connectivity index (χ1n) is 10.7. The Labute approximate surface area is 201 Å². The SMILES string of the molecule is CC1=C(C(=O)OC(C)C)[C@H](c2cccc(Br)c2)C2=C(C[C@H](c3ccc(Cl)cc3)CC2=O)N1. The Balaban J connectivity index is 1.79. The minimum atomic E-state index is -0.464. The summed E-state index contributed by atoms with van der Waals surface area (Å²) in [5.41, 5.74) is 4.74. The average Bonchev–Trinajstić information content (AvgIpc) is 2.72. The second-order valence-electron chi connectivity index (χ2n) is 8.58. The van der Waals surface area contributed by atoms with Crippen molar-refractivity contribution in [3.8, 4) is 0 Å². The predicted molar refractivity (Wildman–Crippen MR) is 129 cm³/mol. The number of dihydropyridines is 1. The maximum atomic E-state index is 13.5. The van der Waals surface area contributed by atoms with Crippen molar-refractivity contribution in [2.24, 2.45) is 0 Å². The molecule has 32 heavy (non-hydrogen) atoms. The fraction of sp³-hybridized carbons (Fsp3) is 0.308. The van der Waals surface area contributed by atoms with Crippen LogP contribution in [0.1, 0.15) is 56.6 Å². The number of halogens is 2. The number of rotatable bonds is 4. The zero-order valence-corrected chi connectivity index (χ0v) is 20.6. The Bertz CT molecular complexity index is 1130. The van der Waals surface area contributed by atoms with Crippen LogP contribution in [-0.4, -0.2) is 17.9 Å². The van der Waals surface area contributed by atoms with E-state index < -0.39 is 11.9 Å². The maximum absolute atomic E-state index is 13.5. The van der Waals surface area contributed by atoms with Gasteiger partial charge in [-0.2, -0.15) is 0 Å². The van der Waals surface area contributed by atoms with Crippen LogP contribution >= 0.6 is 27.5 Å². The van der Waals surface area contributed by atoms with Gasteiger partial charge in [0.25, 0.3) is 0 Å². The number of nitrogens with one attached hydrogen (secondary N) is 1. The van der Waals surface area contributed by atoms with Crippen LogP contribution in [0.4, 0.5) is 0 Å². The van der Waals surface area contributed by atoms with E-state index in [4.69, 9.17) is 16.3 Å². The van der Waals surface area contributed by atoms with E-state index in [1.165, 1.54) is 0 Å². The van der Waals surface area contributed by atoms with Crippen LogP contribution < -0.4 is 5.32 Å². The van der Waals surface area contributed by atoms with E-state index in [9.17, 15) is 9.59 Å². The van der Waals surface area contributed by atoms with Gasteiger partial charge in [0.15, 0.2) is 5.78 Å². The molecule has 2 aromatic rings. The first kappa shape index (κ1) is 22.8. The second-order valence-corrected chi connectivity index (χ2v) is 9.93. The molecule has 0 unspecified atom stereocenters. The standard InChI is InChI=1S/C26H25BrClNO3/c1-14(2)32-26(31)23-15(3)29-21-12-18(16-7-9-20(28)10-8-16)13-22(30)25(21)24(23)17-5-4-6-19(27)11-17/h4-11,14,18,24,29H,12-13H2,1-3H3/t18-,24-/m0/s1. The van der Waals surface area contributed by atoms with Crippen molar-refractivity contribution < 1.29 is 14.3 Å². The molecular formula is C26H25BrClNO3. The fourth-order valence-electron chi connectivity index (χ4n) is 4.58. The zero-order valence-electron chi connectivity index (χ0n) is 18.2. The smallest absolute Gasteiger partial charge is 0.337 e. The minimum absolute atomic E-state index is 0.0472. The number of hydrogen-bond acceptors (Lipinski definition) is 4. The lowest BCUT2D eigenvalue weighted by atomic mass is 9.72. The highest BCUT2D eigenvalue weighted by Crippen LogP contribution is 2.46. The number of carbonyl (C=O) groups is 2. The molecule has 0 spiro atoms.